The molecule has 82 valence electrons. The van der Waals surface area contributed by atoms with Crippen LogP contribution in [0.15, 0.2) is 29.2 Å². The molecule has 1 aromatic carbocycles. The first-order valence-corrected chi connectivity index (χ1v) is 7.08. The minimum atomic E-state index is -3.62. The van der Waals surface area contributed by atoms with Gasteiger partial charge in [0.15, 0.2) is 0 Å². The average Bonchev–Trinajstić information content (AvgIpc) is 2.11. The highest BCUT2D eigenvalue weighted by Crippen LogP contribution is 2.26. The summed E-state index contributed by atoms with van der Waals surface area (Å²) < 4.78 is 27.5. The molecule has 0 atom stereocenters. The lowest BCUT2D eigenvalue weighted by molar-refractivity contribution is 0.120. The molecule has 2 rings (SSSR count). The second kappa shape index (κ2) is 4.02. The van der Waals surface area contributed by atoms with Crippen molar-refractivity contribution in [3.8, 4) is 5.75 Å². The fourth-order valence-electron chi connectivity index (χ4n) is 1.36. The molecular weight excluding hydrogens is 236 g/mol. The summed E-state index contributed by atoms with van der Waals surface area (Å²) in [6.45, 7) is 0. The Bertz CT molecular complexity index is 434. The van der Waals surface area contributed by atoms with Gasteiger partial charge in [-0.15, -0.1) is 0 Å². The molecule has 3 nitrogen and oxygen atoms in total. The largest absolute Gasteiger partial charge is 0.490 e. The molecule has 0 radical (unpaired) electrons. The number of hydrogen-bond donors (Lipinski definition) is 0. The van der Waals surface area contributed by atoms with Gasteiger partial charge in [0.25, 0.3) is 9.05 Å². The van der Waals surface area contributed by atoms with E-state index in [1.165, 1.54) is 18.6 Å². The van der Waals surface area contributed by atoms with Crippen LogP contribution in [0.1, 0.15) is 19.3 Å². The van der Waals surface area contributed by atoms with Gasteiger partial charge in [-0.25, -0.2) is 8.42 Å². The van der Waals surface area contributed by atoms with Gasteiger partial charge in [-0.1, -0.05) is 0 Å². The van der Waals surface area contributed by atoms with Crippen molar-refractivity contribution in [2.24, 2.45) is 0 Å². The van der Waals surface area contributed by atoms with E-state index in [9.17, 15) is 8.42 Å². The van der Waals surface area contributed by atoms with Gasteiger partial charge in [0.1, 0.15) is 5.75 Å². The maximum Gasteiger partial charge on any atom is 0.261 e. The molecule has 1 fully saturated rings. The van der Waals surface area contributed by atoms with Crippen LogP contribution >= 0.6 is 10.7 Å². The van der Waals surface area contributed by atoms with Gasteiger partial charge in [0.2, 0.25) is 0 Å². The van der Waals surface area contributed by atoms with E-state index < -0.39 is 9.05 Å². The summed E-state index contributed by atoms with van der Waals surface area (Å²) in [6, 6.07) is 6.17. The van der Waals surface area contributed by atoms with Crippen LogP contribution in [0.5, 0.6) is 5.75 Å². The lowest BCUT2D eigenvalue weighted by Gasteiger charge is -2.26. The minimum Gasteiger partial charge on any atom is -0.490 e. The predicted molar refractivity (Wildman–Crippen MR) is 57.7 cm³/mol. The molecule has 1 aromatic rings. The van der Waals surface area contributed by atoms with Crippen LogP contribution < -0.4 is 4.74 Å². The molecule has 0 unspecified atom stereocenters. The maximum atomic E-state index is 11.0. The van der Waals surface area contributed by atoms with E-state index in [1.807, 2.05) is 0 Å². The number of hydrogen-bond acceptors (Lipinski definition) is 3. The summed E-state index contributed by atoms with van der Waals surface area (Å²) in [5.41, 5.74) is 0. The van der Waals surface area contributed by atoms with Crippen molar-refractivity contribution in [3.63, 3.8) is 0 Å². The van der Waals surface area contributed by atoms with Crippen LogP contribution in [0, 0.1) is 0 Å². The molecule has 1 aliphatic rings. The Labute approximate surface area is 93.4 Å². The highest BCUT2D eigenvalue weighted by Gasteiger charge is 2.19. The topological polar surface area (TPSA) is 43.4 Å². The second-order valence-corrected chi connectivity index (χ2v) is 6.15. The highest BCUT2D eigenvalue weighted by molar-refractivity contribution is 8.13. The van der Waals surface area contributed by atoms with Crippen LogP contribution in [0.4, 0.5) is 0 Å². The van der Waals surface area contributed by atoms with Crippen LogP contribution in [0.25, 0.3) is 0 Å². The number of ether oxygens (including phenoxy) is 1. The third kappa shape index (κ3) is 2.63. The first kappa shape index (κ1) is 10.8. The van der Waals surface area contributed by atoms with Gasteiger partial charge in [-0.3, -0.25) is 0 Å². The fraction of sp³-hybridized carbons (Fsp3) is 0.400. The molecule has 0 saturated heterocycles. The Morgan fingerprint density at radius 1 is 1.20 bits per heavy atom. The van der Waals surface area contributed by atoms with Gasteiger partial charge in [0, 0.05) is 10.7 Å². The molecule has 0 aliphatic heterocycles. The lowest BCUT2D eigenvalue weighted by atomic mass is 9.96. The van der Waals surface area contributed by atoms with Gasteiger partial charge in [-0.05, 0) is 43.5 Å². The van der Waals surface area contributed by atoms with Crippen molar-refractivity contribution in [1.82, 2.24) is 0 Å². The minimum absolute atomic E-state index is 0.102. The number of benzene rings is 1. The van der Waals surface area contributed by atoms with Crippen LogP contribution in [0.2, 0.25) is 0 Å². The molecule has 5 heteroatoms. The van der Waals surface area contributed by atoms with E-state index in [0.717, 1.165) is 12.8 Å². The van der Waals surface area contributed by atoms with Crippen molar-refractivity contribution in [2.75, 3.05) is 0 Å². The molecule has 0 spiro atoms. The van der Waals surface area contributed by atoms with Crippen molar-refractivity contribution in [1.29, 1.82) is 0 Å². The zero-order valence-electron chi connectivity index (χ0n) is 8.02. The van der Waals surface area contributed by atoms with Crippen molar-refractivity contribution < 1.29 is 13.2 Å². The van der Waals surface area contributed by atoms with E-state index in [4.69, 9.17) is 15.4 Å². The lowest BCUT2D eigenvalue weighted by Crippen LogP contribution is -2.24. The highest BCUT2D eigenvalue weighted by atomic mass is 35.7. The quantitative estimate of drug-likeness (QED) is 0.770. The molecule has 15 heavy (non-hydrogen) atoms. The average molecular weight is 247 g/mol. The third-order valence-electron chi connectivity index (χ3n) is 2.46. The smallest absolute Gasteiger partial charge is 0.261 e. The Balaban J connectivity index is 2.09. The van der Waals surface area contributed by atoms with E-state index >= 15 is 0 Å². The molecule has 1 aliphatic carbocycles. The summed E-state index contributed by atoms with van der Waals surface area (Å²) in [5, 5.41) is 0. The van der Waals surface area contributed by atoms with Crippen molar-refractivity contribution in [3.05, 3.63) is 24.3 Å². The van der Waals surface area contributed by atoms with Gasteiger partial charge >= 0.3 is 0 Å². The molecule has 0 aromatic heterocycles. The predicted octanol–water partition coefficient (Wildman–Crippen LogP) is 2.55. The Hall–Kier alpha value is -0.740. The first-order chi connectivity index (χ1) is 7.05. The SMILES string of the molecule is O=S(=O)(Cl)c1ccc(OC2CCC2)cc1. The molecule has 0 heterocycles. The molecular formula is C10H11ClO3S. The molecule has 0 N–H and O–H groups in total. The van der Waals surface area contributed by atoms with Crippen molar-refractivity contribution >= 4 is 19.7 Å². The summed E-state index contributed by atoms with van der Waals surface area (Å²) in [4.78, 5) is 0.102. The Kier molecular flexibility index (Phi) is 2.89. The second-order valence-electron chi connectivity index (χ2n) is 3.58. The fourth-order valence-corrected chi connectivity index (χ4v) is 2.13. The normalized spacial score (nSPS) is 17.1. The van der Waals surface area contributed by atoms with Gasteiger partial charge in [-0.2, -0.15) is 0 Å². The van der Waals surface area contributed by atoms with E-state index in [2.05, 4.69) is 0 Å². The van der Waals surface area contributed by atoms with Crippen molar-refractivity contribution in [2.45, 2.75) is 30.3 Å². The van der Waals surface area contributed by atoms with E-state index in [1.54, 1.807) is 12.1 Å². The molecule has 0 amide bonds. The van der Waals surface area contributed by atoms with Crippen LogP contribution in [-0.4, -0.2) is 14.5 Å². The maximum absolute atomic E-state index is 11.0. The number of rotatable bonds is 3. The first-order valence-electron chi connectivity index (χ1n) is 4.77. The zero-order chi connectivity index (χ0) is 10.9. The number of halogens is 1. The standard InChI is InChI=1S/C10H11ClO3S/c11-15(12,13)10-6-4-9(5-7-10)14-8-2-1-3-8/h4-8H,1-3H2. The van der Waals surface area contributed by atoms with Crippen LogP contribution in [-0.2, 0) is 9.05 Å². The summed E-state index contributed by atoms with van der Waals surface area (Å²) in [6.07, 6.45) is 3.66. The zero-order valence-corrected chi connectivity index (χ0v) is 9.59. The van der Waals surface area contributed by atoms with E-state index in [0.29, 0.717) is 11.9 Å². The van der Waals surface area contributed by atoms with E-state index in [-0.39, 0.29) is 4.90 Å². The molecule has 0 bridgehead atoms. The summed E-state index contributed by atoms with van der Waals surface area (Å²) >= 11 is 0. The third-order valence-corrected chi connectivity index (χ3v) is 3.83. The Morgan fingerprint density at radius 3 is 2.20 bits per heavy atom. The summed E-state index contributed by atoms with van der Waals surface area (Å²) in [7, 11) is 1.56. The van der Waals surface area contributed by atoms with Gasteiger partial charge in [0.05, 0.1) is 11.0 Å². The molecule has 1 saturated carbocycles. The van der Waals surface area contributed by atoms with Gasteiger partial charge < -0.3 is 4.74 Å². The monoisotopic (exact) mass is 246 g/mol. The van der Waals surface area contributed by atoms with Crippen LogP contribution in [0.3, 0.4) is 0 Å². The Morgan fingerprint density at radius 2 is 1.80 bits per heavy atom. The summed E-state index contributed by atoms with van der Waals surface area (Å²) in [5.74, 6) is 0.698.